The summed E-state index contributed by atoms with van der Waals surface area (Å²) in [5.41, 5.74) is 0.844. The van der Waals surface area contributed by atoms with Crippen LogP contribution >= 0.6 is 0 Å². The highest BCUT2D eigenvalue weighted by Crippen LogP contribution is 2.09. The molecule has 0 amide bonds. The molecule has 0 aliphatic heterocycles. The predicted octanol–water partition coefficient (Wildman–Crippen LogP) is 1.73. The number of pyridine rings is 1. The number of aromatic nitrogens is 1. The Kier molecular flexibility index (Phi) is 3.43. The standard InChI is InChI=1S/C10H13NO2/c1-2-8(10(12)13)7-9-5-3-4-6-11-9/h3-6,8H,2,7H2,1H3,(H,12,13). The summed E-state index contributed by atoms with van der Waals surface area (Å²) in [4.78, 5) is 14.8. The first-order valence-electron chi connectivity index (χ1n) is 4.36. The molecule has 1 unspecified atom stereocenters. The van der Waals surface area contributed by atoms with Gasteiger partial charge in [-0.25, -0.2) is 0 Å². The maximum absolute atomic E-state index is 10.7. The lowest BCUT2D eigenvalue weighted by molar-refractivity contribution is -0.141. The number of carboxylic acid groups (broad SMARTS) is 1. The number of hydrogen-bond donors (Lipinski definition) is 1. The third kappa shape index (κ3) is 2.86. The summed E-state index contributed by atoms with van der Waals surface area (Å²) in [6, 6.07) is 5.55. The molecule has 1 aromatic rings. The highest BCUT2D eigenvalue weighted by molar-refractivity contribution is 5.70. The van der Waals surface area contributed by atoms with Gasteiger partial charge < -0.3 is 5.11 Å². The summed E-state index contributed by atoms with van der Waals surface area (Å²) in [7, 11) is 0. The fraction of sp³-hybridized carbons (Fsp3) is 0.400. The fourth-order valence-electron chi connectivity index (χ4n) is 1.18. The van der Waals surface area contributed by atoms with Crippen LogP contribution in [-0.4, -0.2) is 16.1 Å². The van der Waals surface area contributed by atoms with Crippen LogP contribution in [0.25, 0.3) is 0 Å². The number of rotatable bonds is 4. The summed E-state index contributed by atoms with van der Waals surface area (Å²) in [6.45, 7) is 1.88. The average molecular weight is 179 g/mol. The van der Waals surface area contributed by atoms with Crippen molar-refractivity contribution in [3.63, 3.8) is 0 Å². The second-order valence-corrected chi connectivity index (χ2v) is 2.97. The van der Waals surface area contributed by atoms with Crippen LogP contribution in [0, 0.1) is 5.92 Å². The van der Waals surface area contributed by atoms with Gasteiger partial charge in [0.25, 0.3) is 0 Å². The second-order valence-electron chi connectivity index (χ2n) is 2.97. The van der Waals surface area contributed by atoms with Crippen LogP contribution in [0.15, 0.2) is 24.4 Å². The van der Waals surface area contributed by atoms with Crippen molar-refractivity contribution in [1.29, 1.82) is 0 Å². The van der Waals surface area contributed by atoms with Gasteiger partial charge in [-0.15, -0.1) is 0 Å². The largest absolute Gasteiger partial charge is 0.481 e. The molecule has 0 radical (unpaired) electrons. The Bertz CT molecular complexity index is 272. The Morgan fingerprint density at radius 2 is 2.38 bits per heavy atom. The van der Waals surface area contributed by atoms with Crippen molar-refractivity contribution in [3.8, 4) is 0 Å². The van der Waals surface area contributed by atoms with Gasteiger partial charge in [0.05, 0.1) is 5.92 Å². The minimum Gasteiger partial charge on any atom is -0.481 e. The Labute approximate surface area is 77.4 Å². The quantitative estimate of drug-likeness (QED) is 0.765. The van der Waals surface area contributed by atoms with E-state index in [0.29, 0.717) is 12.8 Å². The van der Waals surface area contributed by atoms with Gasteiger partial charge in [-0.2, -0.15) is 0 Å². The van der Waals surface area contributed by atoms with Crippen LogP contribution in [0.2, 0.25) is 0 Å². The Balaban J connectivity index is 2.62. The van der Waals surface area contributed by atoms with Gasteiger partial charge in [-0.3, -0.25) is 9.78 Å². The SMILES string of the molecule is CCC(Cc1ccccn1)C(=O)O. The number of nitrogens with zero attached hydrogens (tertiary/aromatic N) is 1. The molecule has 1 atom stereocenters. The van der Waals surface area contributed by atoms with E-state index in [1.54, 1.807) is 6.20 Å². The molecule has 0 bridgehead atoms. The third-order valence-electron chi connectivity index (χ3n) is 2.02. The van der Waals surface area contributed by atoms with Gasteiger partial charge >= 0.3 is 5.97 Å². The lowest BCUT2D eigenvalue weighted by atomic mass is 10.0. The number of carbonyl (C=O) groups is 1. The van der Waals surface area contributed by atoms with Crippen molar-refractivity contribution < 1.29 is 9.90 Å². The molecule has 0 aliphatic carbocycles. The van der Waals surface area contributed by atoms with Crippen LogP contribution in [0.5, 0.6) is 0 Å². The van der Waals surface area contributed by atoms with Crippen molar-refractivity contribution in [2.45, 2.75) is 19.8 Å². The molecule has 13 heavy (non-hydrogen) atoms. The summed E-state index contributed by atoms with van der Waals surface area (Å²) in [5, 5.41) is 8.81. The van der Waals surface area contributed by atoms with Gasteiger partial charge in [0.1, 0.15) is 0 Å². The van der Waals surface area contributed by atoms with Gasteiger partial charge in [0, 0.05) is 18.3 Å². The van der Waals surface area contributed by atoms with E-state index in [4.69, 9.17) is 5.11 Å². The first-order valence-corrected chi connectivity index (χ1v) is 4.36. The molecule has 1 rings (SSSR count). The van der Waals surface area contributed by atoms with Crippen molar-refractivity contribution >= 4 is 5.97 Å². The van der Waals surface area contributed by atoms with E-state index < -0.39 is 5.97 Å². The fourth-order valence-corrected chi connectivity index (χ4v) is 1.18. The molecule has 0 aliphatic rings. The van der Waals surface area contributed by atoms with Crippen LogP contribution < -0.4 is 0 Å². The molecule has 3 heteroatoms. The van der Waals surface area contributed by atoms with E-state index >= 15 is 0 Å². The lowest BCUT2D eigenvalue weighted by Gasteiger charge is -2.07. The topological polar surface area (TPSA) is 50.2 Å². The molecule has 0 fully saturated rings. The molecule has 1 aromatic heterocycles. The average Bonchev–Trinajstić information content (AvgIpc) is 2.15. The zero-order chi connectivity index (χ0) is 9.68. The predicted molar refractivity (Wildman–Crippen MR) is 49.4 cm³/mol. The van der Waals surface area contributed by atoms with Gasteiger partial charge in [0.15, 0.2) is 0 Å². The summed E-state index contributed by atoms with van der Waals surface area (Å²) in [6.07, 6.45) is 2.85. The van der Waals surface area contributed by atoms with Crippen molar-refractivity contribution in [1.82, 2.24) is 4.98 Å². The van der Waals surface area contributed by atoms with Gasteiger partial charge in [-0.05, 0) is 18.6 Å². The Hall–Kier alpha value is -1.38. The molecule has 0 aromatic carbocycles. The normalized spacial score (nSPS) is 12.4. The third-order valence-corrected chi connectivity index (χ3v) is 2.02. The molecule has 0 saturated carbocycles. The number of hydrogen-bond acceptors (Lipinski definition) is 2. The molecule has 0 saturated heterocycles. The van der Waals surface area contributed by atoms with E-state index in [1.807, 2.05) is 25.1 Å². The second kappa shape index (κ2) is 4.60. The van der Waals surface area contributed by atoms with E-state index in [9.17, 15) is 4.79 Å². The monoisotopic (exact) mass is 179 g/mol. The highest BCUT2D eigenvalue weighted by Gasteiger charge is 2.15. The smallest absolute Gasteiger partial charge is 0.306 e. The summed E-state index contributed by atoms with van der Waals surface area (Å²) >= 11 is 0. The number of aliphatic carboxylic acids is 1. The van der Waals surface area contributed by atoms with Crippen LogP contribution in [0.4, 0.5) is 0 Å². The minimum absolute atomic E-state index is 0.310. The minimum atomic E-state index is -0.742. The highest BCUT2D eigenvalue weighted by atomic mass is 16.4. The van der Waals surface area contributed by atoms with Crippen LogP contribution in [0.1, 0.15) is 19.0 Å². The first kappa shape index (κ1) is 9.71. The van der Waals surface area contributed by atoms with E-state index in [2.05, 4.69) is 4.98 Å². The zero-order valence-electron chi connectivity index (χ0n) is 7.60. The summed E-state index contributed by atoms with van der Waals surface area (Å²) in [5.74, 6) is -1.05. The van der Waals surface area contributed by atoms with Gasteiger partial charge in [0.2, 0.25) is 0 Å². The number of carboxylic acids is 1. The molecule has 70 valence electrons. The molecular formula is C10H13NO2. The lowest BCUT2D eigenvalue weighted by Crippen LogP contribution is -2.15. The first-order chi connectivity index (χ1) is 6.24. The molecule has 1 heterocycles. The van der Waals surface area contributed by atoms with E-state index in [0.717, 1.165) is 5.69 Å². The van der Waals surface area contributed by atoms with Crippen molar-refractivity contribution in [2.75, 3.05) is 0 Å². The van der Waals surface area contributed by atoms with E-state index in [1.165, 1.54) is 0 Å². The maximum atomic E-state index is 10.7. The van der Waals surface area contributed by atoms with Crippen molar-refractivity contribution in [3.05, 3.63) is 30.1 Å². The van der Waals surface area contributed by atoms with Crippen molar-refractivity contribution in [2.24, 2.45) is 5.92 Å². The molecule has 3 nitrogen and oxygen atoms in total. The van der Waals surface area contributed by atoms with Gasteiger partial charge in [-0.1, -0.05) is 13.0 Å². The van der Waals surface area contributed by atoms with E-state index in [-0.39, 0.29) is 5.92 Å². The Morgan fingerprint density at radius 1 is 1.62 bits per heavy atom. The van der Waals surface area contributed by atoms with Crippen LogP contribution in [0.3, 0.4) is 0 Å². The summed E-state index contributed by atoms with van der Waals surface area (Å²) < 4.78 is 0. The zero-order valence-corrected chi connectivity index (χ0v) is 7.60. The molecular weight excluding hydrogens is 166 g/mol. The Morgan fingerprint density at radius 3 is 2.85 bits per heavy atom. The molecule has 1 N–H and O–H groups in total. The molecule has 0 spiro atoms. The van der Waals surface area contributed by atoms with Crippen LogP contribution in [-0.2, 0) is 11.2 Å². The maximum Gasteiger partial charge on any atom is 0.306 e.